The van der Waals surface area contributed by atoms with E-state index in [0.717, 1.165) is 12.1 Å². The van der Waals surface area contributed by atoms with Crippen LogP contribution in [-0.4, -0.2) is 47.7 Å². The topological polar surface area (TPSA) is 57.7 Å². The second-order valence-electron chi connectivity index (χ2n) is 8.09. The average molecular weight is 390 g/mol. The quantitative estimate of drug-likeness (QED) is 0.705. The number of nitrogens with zero attached hydrogens (tertiary/aromatic N) is 2. The normalized spacial score (nSPS) is 16.4. The predicted octanol–water partition coefficient (Wildman–Crippen LogP) is 3.79. The van der Waals surface area contributed by atoms with Gasteiger partial charge in [-0.3, -0.25) is 19.3 Å². The molecule has 5 nitrogen and oxygen atoms in total. The van der Waals surface area contributed by atoms with Gasteiger partial charge in [-0.25, -0.2) is 0 Å². The maximum atomic E-state index is 12.8. The summed E-state index contributed by atoms with van der Waals surface area (Å²) >= 11 is 0. The molecule has 4 rings (SSSR count). The summed E-state index contributed by atoms with van der Waals surface area (Å²) in [6, 6.07) is 14.7. The van der Waals surface area contributed by atoms with E-state index in [1.54, 1.807) is 23.1 Å². The molecule has 2 aromatic rings. The SMILES string of the molecule is CN(CC1CCCC1)C(=O)c1ccc2c(c1)C(=O)N(CCc1ccccc1)C2=O. The molecule has 1 aliphatic carbocycles. The third-order valence-corrected chi connectivity index (χ3v) is 6.04. The van der Waals surface area contributed by atoms with Crippen molar-refractivity contribution in [2.45, 2.75) is 32.1 Å². The molecule has 2 aromatic carbocycles. The molecule has 0 radical (unpaired) electrons. The lowest BCUT2D eigenvalue weighted by Gasteiger charge is -2.21. The summed E-state index contributed by atoms with van der Waals surface area (Å²) < 4.78 is 0. The van der Waals surface area contributed by atoms with Crippen LogP contribution in [0.1, 0.15) is 62.3 Å². The fraction of sp³-hybridized carbons (Fsp3) is 0.375. The van der Waals surface area contributed by atoms with Crippen molar-refractivity contribution < 1.29 is 14.4 Å². The molecule has 1 aliphatic heterocycles. The molecular weight excluding hydrogens is 364 g/mol. The molecule has 1 fully saturated rings. The van der Waals surface area contributed by atoms with Crippen LogP contribution in [0.4, 0.5) is 0 Å². The molecule has 0 saturated heterocycles. The smallest absolute Gasteiger partial charge is 0.261 e. The van der Waals surface area contributed by atoms with Crippen molar-refractivity contribution in [3.63, 3.8) is 0 Å². The second-order valence-corrected chi connectivity index (χ2v) is 8.09. The molecule has 29 heavy (non-hydrogen) atoms. The Bertz CT molecular complexity index is 932. The first-order chi connectivity index (χ1) is 14.0. The summed E-state index contributed by atoms with van der Waals surface area (Å²) in [6.45, 7) is 1.08. The highest BCUT2D eigenvalue weighted by Crippen LogP contribution is 2.27. The van der Waals surface area contributed by atoms with E-state index in [4.69, 9.17) is 0 Å². The number of carbonyl (C=O) groups excluding carboxylic acids is 3. The van der Waals surface area contributed by atoms with Gasteiger partial charge in [0.05, 0.1) is 11.1 Å². The number of carbonyl (C=O) groups is 3. The summed E-state index contributed by atoms with van der Waals surface area (Å²) in [5.74, 6) is -0.119. The van der Waals surface area contributed by atoms with Gasteiger partial charge in [0.2, 0.25) is 0 Å². The zero-order chi connectivity index (χ0) is 20.4. The molecule has 1 saturated carbocycles. The van der Waals surface area contributed by atoms with Crippen LogP contribution in [-0.2, 0) is 6.42 Å². The molecule has 5 heteroatoms. The van der Waals surface area contributed by atoms with Crippen LogP contribution in [0.3, 0.4) is 0 Å². The Balaban J connectivity index is 1.46. The Kier molecular flexibility index (Phi) is 5.47. The minimum absolute atomic E-state index is 0.0947. The van der Waals surface area contributed by atoms with Crippen LogP contribution in [0.25, 0.3) is 0 Å². The lowest BCUT2D eigenvalue weighted by molar-refractivity contribution is 0.0655. The van der Waals surface area contributed by atoms with Gasteiger partial charge in [0.1, 0.15) is 0 Å². The van der Waals surface area contributed by atoms with E-state index in [2.05, 4.69) is 0 Å². The molecule has 0 spiro atoms. The van der Waals surface area contributed by atoms with E-state index in [0.29, 0.717) is 35.6 Å². The van der Waals surface area contributed by atoms with Gasteiger partial charge >= 0.3 is 0 Å². The number of amides is 3. The third-order valence-electron chi connectivity index (χ3n) is 6.04. The van der Waals surface area contributed by atoms with Crippen LogP contribution < -0.4 is 0 Å². The first-order valence-electron chi connectivity index (χ1n) is 10.3. The standard InChI is InChI=1S/C24H26N2O3/c1-25(16-18-9-5-6-10-18)22(27)19-11-12-20-21(15-19)24(29)26(23(20)28)14-13-17-7-3-2-4-8-17/h2-4,7-8,11-12,15,18H,5-6,9-10,13-14,16H2,1H3. The molecule has 0 bridgehead atoms. The minimum Gasteiger partial charge on any atom is -0.341 e. The van der Waals surface area contributed by atoms with Crippen molar-refractivity contribution >= 4 is 17.7 Å². The fourth-order valence-electron chi connectivity index (χ4n) is 4.40. The first kappa shape index (κ1) is 19.4. The van der Waals surface area contributed by atoms with Gasteiger partial charge in [0.25, 0.3) is 17.7 Å². The van der Waals surface area contributed by atoms with Crippen LogP contribution in [0.2, 0.25) is 0 Å². The summed E-state index contributed by atoms with van der Waals surface area (Å²) in [5, 5.41) is 0. The largest absolute Gasteiger partial charge is 0.341 e. The maximum absolute atomic E-state index is 12.8. The van der Waals surface area contributed by atoms with Crippen molar-refractivity contribution in [2.75, 3.05) is 20.1 Å². The molecule has 1 heterocycles. The summed E-state index contributed by atoms with van der Waals surface area (Å²) in [6.07, 6.45) is 5.43. The fourth-order valence-corrected chi connectivity index (χ4v) is 4.40. The number of hydrogen-bond acceptors (Lipinski definition) is 3. The van der Waals surface area contributed by atoms with Gasteiger partial charge in [0.15, 0.2) is 0 Å². The lowest BCUT2D eigenvalue weighted by Crippen LogP contribution is -2.32. The molecule has 150 valence electrons. The molecule has 3 amide bonds. The third kappa shape index (κ3) is 3.95. The highest BCUT2D eigenvalue weighted by atomic mass is 16.2. The lowest BCUT2D eigenvalue weighted by atomic mass is 10.0. The van der Waals surface area contributed by atoms with Gasteiger partial charge in [-0.2, -0.15) is 0 Å². The summed E-state index contributed by atoms with van der Waals surface area (Å²) in [4.78, 5) is 41.4. The van der Waals surface area contributed by atoms with E-state index in [1.165, 1.54) is 30.6 Å². The Hall–Kier alpha value is -2.95. The van der Waals surface area contributed by atoms with Gasteiger partial charge < -0.3 is 4.90 Å². The number of fused-ring (bicyclic) bond motifs is 1. The van der Waals surface area contributed by atoms with Crippen molar-refractivity contribution in [2.24, 2.45) is 5.92 Å². The molecule has 0 unspecified atom stereocenters. The van der Waals surface area contributed by atoms with E-state index in [9.17, 15) is 14.4 Å². The molecular formula is C24H26N2O3. The average Bonchev–Trinajstić information content (AvgIpc) is 3.33. The highest BCUT2D eigenvalue weighted by Gasteiger charge is 2.36. The zero-order valence-electron chi connectivity index (χ0n) is 16.8. The van der Waals surface area contributed by atoms with Crippen LogP contribution >= 0.6 is 0 Å². The first-order valence-corrected chi connectivity index (χ1v) is 10.3. The molecule has 2 aliphatic rings. The van der Waals surface area contributed by atoms with E-state index < -0.39 is 0 Å². The van der Waals surface area contributed by atoms with E-state index >= 15 is 0 Å². The molecule has 0 N–H and O–H groups in total. The van der Waals surface area contributed by atoms with E-state index in [-0.39, 0.29) is 17.7 Å². The monoisotopic (exact) mass is 390 g/mol. The predicted molar refractivity (Wildman–Crippen MR) is 111 cm³/mol. The zero-order valence-corrected chi connectivity index (χ0v) is 16.8. The minimum atomic E-state index is -0.311. The van der Waals surface area contributed by atoms with Crippen molar-refractivity contribution in [1.29, 1.82) is 0 Å². The van der Waals surface area contributed by atoms with Crippen LogP contribution in [0.5, 0.6) is 0 Å². The Labute approximate surface area is 171 Å². The summed E-state index contributed by atoms with van der Waals surface area (Å²) in [7, 11) is 1.81. The molecule has 0 atom stereocenters. The number of rotatable bonds is 6. The number of imide groups is 1. The summed E-state index contributed by atoms with van der Waals surface area (Å²) in [5.41, 5.74) is 2.27. The Morgan fingerprint density at radius 1 is 1.00 bits per heavy atom. The van der Waals surface area contributed by atoms with Gasteiger partial charge in [-0.1, -0.05) is 43.2 Å². The van der Waals surface area contributed by atoms with E-state index in [1.807, 2.05) is 37.4 Å². The van der Waals surface area contributed by atoms with Gasteiger partial charge in [0, 0.05) is 25.7 Å². The maximum Gasteiger partial charge on any atom is 0.261 e. The van der Waals surface area contributed by atoms with Gasteiger partial charge in [-0.15, -0.1) is 0 Å². The van der Waals surface area contributed by atoms with Crippen LogP contribution in [0, 0.1) is 5.92 Å². The van der Waals surface area contributed by atoms with Crippen LogP contribution in [0.15, 0.2) is 48.5 Å². The highest BCUT2D eigenvalue weighted by molar-refractivity contribution is 6.22. The second kappa shape index (κ2) is 8.19. The van der Waals surface area contributed by atoms with Gasteiger partial charge in [-0.05, 0) is 48.9 Å². The van der Waals surface area contributed by atoms with Crippen molar-refractivity contribution in [3.8, 4) is 0 Å². The van der Waals surface area contributed by atoms with Crippen molar-refractivity contribution in [1.82, 2.24) is 9.80 Å². The number of hydrogen-bond donors (Lipinski definition) is 0. The Morgan fingerprint density at radius 3 is 2.41 bits per heavy atom. The molecule has 0 aromatic heterocycles. The van der Waals surface area contributed by atoms with Crippen molar-refractivity contribution in [3.05, 3.63) is 70.8 Å². The Morgan fingerprint density at radius 2 is 1.69 bits per heavy atom. The number of benzene rings is 2.